The molecule has 2 N–H and O–H groups in total. The van der Waals surface area contributed by atoms with Crippen molar-refractivity contribution in [2.24, 2.45) is 0 Å². The molecule has 0 radical (unpaired) electrons. The normalized spacial score (nSPS) is 10.9. The number of sulfonamides is 1. The van der Waals surface area contributed by atoms with Gasteiger partial charge in [0.2, 0.25) is 10.0 Å². The summed E-state index contributed by atoms with van der Waals surface area (Å²) in [4.78, 5) is 12.5. The highest BCUT2D eigenvalue weighted by molar-refractivity contribution is 7.92. The molecule has 0 unspecified atom stereocenters. The molecule has 0 aromatic heterocycles. The van der Waals surface area contributed by atoms with Crippen LogP contribution in [0.1, 0.15) is 10.4 Å². The number of amides is 1. The predicted molar refractivity (Wildman–Crippen MR) is 111 cm³/mol. The minimum absolute atomic E-state index is 0.252. The quantitative estimate of drug-likeness (QED) is 0.660. The molecule has 0 spiro atoms. The number of benzene rings is 3. The number of rotatable bonds is 6. The molecule has 0 heterocycles. The summed E-state index contributed by atoms with van der Waals surface area (Å²) in [6.07, 6.45) is 1.05. The second-order valence-electron chi connectivity index (χ2n) is 6.19. The number of anilines is 2. The van der Waals surface area contributed by atoms with Crippen molar-refractivity contribution in [2.75, 3.05) is 23.4 Å². The lowest BCUT2D eigenvalue weighted by atomic mass is 10.0. The average Bonchev–Trinajstić information content (AvgIpc) is 2.68. The van der Waals surface area contributed by atoms with Crippen molar-refractivity contribution in [1.82, 2.24) is 0 Å². The van der Waals surface area contributed by atoms with Gasteiger partial charge in [0, 0.05) is 11.3 Å². The molecule has 6 nitrogen and oxygen atoms in total. The van der Waals surface area contributed by atoms with Gasteiger partial charge in [-0.1, -0.05) is 42.5 Å². The SMILES string of the molecule is COc1ccc(NC(=O)c2ccc(-c3ccccc3)cc2)cc1NS(C)(=O)=O. The van der Waals surface area contributed by atoms with Gasteiger partial charge in [-0.05, 0) is 41.5 Å². The van der Waals surface area contributed by atoms with Crippen molar-refractivity contribution in [1.29, 1.82) is 0 Å². The van der Waals surface area contributed by atoms with E-state index >= 15 is 0 Å². The molecule has 3 rings (SSSR count). The first-order valence-electron chi connectivity index (χ1n) is 8.48. The maximum Gasteiger partial charge on any atom is 0.255 e. The van der Waals surface area contributed by atoms with Crippen LogP contribution in [-0.4, -0.2) is 27.7 Å². The Morgan fingerprint density at radius 2 is 1.54 bits per heavy atom. The lowest BCUT2D eigenvalue weighted by Gasteiger charge is -2.12. The van der Waals surface area contributed by atoms with Gasteiger partial charge in [-0.3, -0.25) is 9.52 Å². The fourth-order valence-corrected chi connectivity index (χ4v) is 3.27. The van der Waals surface area contributed by atoms with E-state index in [0.29, 0.717) is 17.0 Å². The number of methoxy groups -OCH3 is 1. The molecule has 1 amide bonds. The molecule has 0 saturated carbocycles. The first kappa shape index (κ1) is 19.4. The molecule has 144 valence electrons. The highest BCUT2D eigenvalue weighted by Gasteiger charge is 2.12. The van der Waals surface area contributed by atoms with E-state index in [-0.39, 0.29) is 11.6 Å². The van der Waals surface area contributed by atoms with E-state index in [2.05, 4.69) is 10.0 Å². The Bertz CT molecular complexity index is 1080. The van der Waals surface area contributed by atoms with Crippen LogP contribution in [0.5, 0.6) is 5.75 Å². The molecular weight excluding hydrogens is 376 g/mol. The summed E-state index contributed by atoms with van der Waals surface area (Å²) in [6, 6.07) is 21.9. The number of carbonyl (C=O) groups excluding carboxylic acids is 1. The van der Waals surface area contributed by atoms with Gasteiger partial charge in [-0.25, -0.2) is 8.42 Å². The maximum absolute atomic E-state index is 12.5. The van der Waals surface area contributed by atoms with Crippen molar-refractivity contribution in [3.8, 4) is 16.9 Å². The van der Waals surface area contributed by atoms with Crippen LogP contribution in [-0.2, 0) is 10.0 Å². The minimum atomic E-state index is -3.48. The van der Waals surface area contributed by atoms with Crippen LogP contribution in [0.4, 0.5) is 11.4 Å². The van der Waals surface area contributed by atoms with Gasteiger partial charge in [0.25, 0.3) is 5.91 Å². The van der Waals surface area contributed by atoms with Crippen LogP contribution in [0.25, 0.3) is 11.1 Å². The number of nitrogens with one attached hydrogen (secondary N) is 2. The Hall–Kier alpha value is -3.32. The van der Waals surface area contributed by atoms with Crippen LogP contribution >= 0.6 is 0 Å². The molecule has 0 aliphatic carbocycles. The van der Waals surface area contributed by atoms with Gasteiger partial charge in [0.05, 0.1) is 19.1 Å². The van der Waals surface area contributed by atoms with Gasteiger partial charge in [0.15, 0.2) is 0 Å². The number of ether oxygens (including phenoxy) is 1. The molecule has 28 heavy (non-hydrogen) atoms. The Morgan fingerprint density at radius 3 is 2.14 bits per heavy atom. The summed E-state index contributed by atoms with van der Waals surface area (Å²) in [7, 11) is -2.04. The van der Waals surface area contributed by atoms with Crippen LogP contribution in [0, 0.1) is 0 Å². The second-order valence-corrected chi connectivity index (χ2v) is 7.94. The van der Waals surface area contributed by atoms with Gasteiger partial charge < -0.3 is 10.1 Å². The fourth-order valence-electron chi connectivity index (χ4n) is 2.71. The molecule has 7 heteroatoms. The van der Waals surface area contributed by atoms with Gasteiger partial charge in [0.1, 0.15) is 5.75 Å². The molecule has 3 aromatic carbocycles. The number of hydrogen-bond acceptors (Lipinski definition) is 4. The first-order chi connectivity index (χ1) is 13.4. The summed E-state index contributed by atoms with van der Waals surface area (Å²) in [6.45, 7) is 0. The molecule has 0 fully saturated rings. The third-order valence-electron chi connectivity index (χ3n) is 4.01. The van der Waals surface area contributed by atoms with E-state index in [4.69, 9.17) is 4.74 Å². The van der Waals surface area contributed by atoms with Gasteiger partial charge in [-0.15, -0.1) is 0 Å². The molecule has 3 aromatic rings. The first-order valence-corrected chi connectivity index (χ1v) is 10.4. The van der Waals surface area contributed by atoms with Crippen LogP contribution < -0.4 is 14.8 Å². The minimum Gasteiger partial charge on any atom is -0.495 e. The zero-order valence-electron chi connectivity index (χ0n) is 15.5. The van der Waals surface area contributed by atoms with E-state index < -0.39 is 10.0 Å². The van der Waals surface area contributed by atoms with Crippen molar-refractivity contribution in [2.45, 2.75) is 0 Å². The van der Waals surface area contributed by atoms with E-state index in [9.17, 15) is 13.2 Å². The Morgan fingerprint density at radius 1 is 0.893 bits per heavy atom. The summed E-state index contributed by atoms with van der Waals surface area (Å²) < 4.78 is 30.6. The Kier molecular flexibility index (Phi) is 5.65. The van der Waals surface area contributed by atoms with E-state index in [0.717, 1.165) is 17.4 Å². The topological polar surface area (TPSA) is 84.5 Å². The van der Waals surface area contributed by atoms with Crippen molar-refractivity contribution < 1.29 is 17.9 Å². The van der Waals surface area contributed by atoms with Gasteiger partial charge in [-0.2, -0.15) is 0 Å². The maximum atomic E-state index is 12.5. The number of hydrogen-bond donors (Lipinski definition) is 2. The van der Waals surface area contributed by atoms with Crippen LogP contribution in [0.15, 0.2) is 72.8 Å². The third kappa shape index (κ3) is 4.89. The fraction of sp³-hybridized carbons (Fsp3) is 0.0952. The Labute approximate surface area is 164 Å². The molecule has 0 bridgehead atoms. The summed E-state index contributed by atoms with van der Waals surface area (Å²) in [5.74, 6) is 0.0609. The average molecular weight is 396 g/mol. The second kappa shape index (κ2) is 8.14. The van der Waals surface area contributed by atoms with E-state index in [1.54, 1.807) is 24.3 Å². The van der Waals surface area contributed by atoms with Crippen molar-refractivity contribution in [3.63, 3.8) is 0 Å². The molecule has 0 atom stereocenters. The largest absolute Gasteiger partial charge is 0.495 e. The van der Waals surface area contributed by atoms with Crippen LogP contribution in [0.3, 0.4) is 0 Å². The predicted octanol–water partition coefficient (Wildman–Crippen LogP) is 3.99. The monoisotopic (exact) mass is 396 g/mol. The van der Waals surface area contributed by atoms with Crippen LogP contribution in [0.2, 0.25) is 0 Å². The molecular formula is C21H20N2O4S. The van der Waals surface area contributed by atoms with E-state index in [1.165, 1.54) is 13.2 Å². The zero-order chi connectivity index (χ0) is 20.1. The third-order valence-corrected chi connectivity index (χ3v) is 4.60. The standard InChI is InChI=1S/C21H20N2O4S/c1-27-20-13-12-18(14-19(20)23-28(2,25)26)22-21(24)17-10-8-16(9-11-17)15-6-4-3-5-7-15/h3-14,23H,1-2H3,(H,22,24). The summed E-state index contributed by atoms with van der Waals surface area (Å²) >= 11 is 0. The Balaban J connectivity index is 1.78. The number of carbonyl (C=O) groups is 1. The molecule has 0 aliphatic heterocycles. The smallest absolute Gasteiger partial charge is 0.255 e. The van der Waals surface area contributed by atoms with Crippen molar-refractivity contribution in [3.05, 3.63) is 78.4 Å². The molecule has 0 saturated heterocycles. The lowest BCUT2D eigenvalue weighted by Crippen LogP contribution is -2.13. The summed E-state index contributed by atoms with van der Waals surface area (Å²) in [5.41, 5.74) is 3.28. The van der Waals surface area contributed by atoms with Crippen molar-refractivity contribution >= 4 is 27.3 Å². The highest BCUT2D eigenvalue weighted by Crippen LogP contribution is 2.29. The molecule has 0 aliphatic rings. The lowest BCUT2D eigenvalue weighted by molar-refractivity contribution is 0.102. The summed E-state index contributed by atoms with van der Waals surface area (Å²) in [5, 5.41) is 2.77. The zero-order valence-corrected chi connectivity index (χ0v) is 16.3. The van der Waals surface area contributed by atoms with Gasteiger partial charge >= 0.3 is 0 Å². The van der Waals surface area contributed by atoms with E-state index in [1.807, 2.05) is 42.5 Å². The highest BCUT2D eigenvalue weighted by atomic mass is 32.2.